The normalized spacial score (nSPS) is 19.2. The molecule has 1 aliphatic rings. The van der Waals surface area contributed by atoms with Crippen LogP contribution in [0, 0.1) is 12.8 Å². The van der Waals surface area contributed by atoms with Gasteiger partial charge in [-0.15, -0.1) is 11.3 Å². The number of benzene rings is 1. The highest BCUT2D eigenvalue weighted by Gasteiger charge is 2.44. The second-order valence-electron chi connectivity index (χ2n) is 6.12. The Labute approximate surface area is 144 Å². The molecule has 2 atom stereocenters. The lowest BCUT2D eigenvalue weighted by Gasteiger charge is -2.07. The number of amides is 1. The quantitative estimate of drug-likeness (QED) is 0.778. The van der Waals surface area contributed by atoms with Gasteiger partial charge < -0.3 is 5.32 Å². The van der Waals surface area contributed by atoms with Crippen molar-refractivity contribution in [1.82, 2.24) is 20.1 Å². The van der Waals surface area contributed by atoms with Crippen molar-refractivity contribution in [2.45, 2.75) is 25.8 Å². The molecule has 2 aromatic heterocycles. The van der Waals surface area contributed by atoms with Crippen LogP contribution in [-0.4, -0.2) is 20.7 Å². The number of nitrogens with one attached hydrogen (secondary N) is 1. The van der Waals surface area contributed by atoms with Crippen molar-refractivity contribution >= 4 is 17.2 Å². The minimum atomic E-state index is 0.126. The second-order valence-corrected chi connectivity index (χ2v) is 7.44. The van der Waals surface area contributed by atoms with Gasteiger partial charge in [0.1, 0.15) is 12.7 Å². The van der Waals surface area contributed by atoms with Crippen LogP contribution in [-0.2, 0) is 11.3 Å². The number of rotatable bonds is 5. The Balaban J connectivity index is 1.36. The fourth-order valence-corrected chi connectivity index (χ4v) is 3.98. The molecule has 0 radical (unpaired) electrons. The Bertz CT molecular complexity index is 856. The third-order valence-electron chi connectivity index (χ3n) is 4.31. The van der Waals surface area contributed by atoms with Crippen LogP contribution in [0.25, 0.3) is 5.69 Å². The van der Waals surface area contributed by atoms with E-state index in [0.29, 0.717) is 12.5 Å². The molecule has 1 aromatic carbocycles. The van der Waals surface area contributed by atoms with Crippen LogP contribution < -0.4 is 5.32 Å². The van der Waals surface area contributed by atoms with Crippen molar-refractivity contribution in [1.29, 1.82) is 0 Å². The van der Waals surface area contributed by atoms with Crippen molar-refractivity contribution in [2.24, 2.45) is 5.92 Å². The van der Waals surface area contributed by atoms with Crippen LogP contribution in [0.1, 0.15) is 27.7 Å². The van der Waals surface area contributed by atoms with Gasteiger partial charge in [-0.05, 0) is 43.2 Å². The fraction of sp³-hybridized carbons (Fsp3) is 0.278. The number of aromatic nitrogens is 3. The Kier molecular flexibility index (Phi) is 3.90. The highest BCUT2D eigenvalue weighted by atomic mass is 32.1. The van der Waals surface area contributed by atoms with E-state index in [-0.39, 0.29) is 11.8 Å². The van der Waals surface area contributed by atoms with Gasteiger partial charge in [0.15, 0.2) is 0 Å². The summed E-state index contributed by atoms with van der Waals surface area (Å²) in [6.07, 6.45) is 4.13. The molecule has 0 aliphatic heterocycles. The average molecular weight is 338 g/mol. The van der Waals surface area contributed by atoms with E-state index < -0.39 is 0 Å². The maximum absolute atomic E-state index is 12.3. The number of carbonyl (C=O) groups is 1. The zero-order chi connectivity index (χ0) is 16.5. The zero-order valence-corrected chi connectivity index (χ0v) is 14.2. The third-order valence-corrected chi connectivity index (χ3v) is 5.45. The number of hydrogen-bond acceptors (Lipinski definition) is 4. The predicted octanol–water partition coefficient (Wildman–Crippen LogP) is 3.06. The lowest BCUT2D eigenvalue weighted by atomic mass is 10.2. The second kappa shape index (κ2) is 6.20. The molecule has 2 heterocycles. The molecule has 0 bridgehead atoms. The van der Waals surface area contributed by atoms with Gasteiger partial charge in [0.2, 0.25) is 5.91 Å². The molecule has 3 aromatic rings. The summed E-state index contributed by atoms with van der Waals surface area (Å²) in [5.41, 5.74) is 2.00. The number of nitrogens with zero attached hydrogens (tertiary/aromatic N) is 3. The van der Waals surface area contributed by atoms with Crippen LogP contribution in [0.3, 0.4) is 0 Å². The number of thiophene rings is 1. The molecule has 0 saturated heterocycles. The topological polar surface area (TPSA) is 59.8 Å². The molecule has 0 spiro atoms. The Morgan fingerprint density at radius 2 is 2.29 bits per heavy atom. The van der Waals surface area contributed by atoms with Gasteiger partial charge in [0, 0.05) is 28.1 Å². The van der Waals surface area contributed by atoms with E-state index in [1.54, 1.807) is 22.3 Å². The molecule has 5 nitrogen and oxygen atoms in total. The summed E-state index contributed by atoms with van der Waals surface area (Å²) in [6, 6.07) is 12.2. The van der Waals surface area contributed by atoms with E-state index in [2.05, 4.69) is 34.5 Å². The van der Waals surface area contributed by atoms with E-state index in [1.165, 1.54) is 16.1 Å². The number of aryl methyl sites for hydroxylation is 1. The SMILES string of the molecule is Cc1ccc([C@@H]2C[C@@H]2C(=O)NCc2cccc(-n3cncn3)c2)s1. The molecular formula is C18H18N4OS. The standard InChI is InChI=1S/C18H18N4OS/c1-12-5-6-17(24-12)15-8-16(15)18(23)20-9-13-3-2-4-14(7-13)22-11-19-10-21-22/h2-7,10-11,15-16H,8-9H2,1H3,(H,20,23)/t15-,16+/m1/s1. The van der Waals surface area contributed by atoms with E-state index in [0.717, 1.165) is 17.7 Å². The molecular weight excluding hydrogens is 320 g/mol. The lowest BCUT2D eigenvalue weighted by Crippen LogP contribution is -2.24. The van der Waals surface area contributed by atoms with Crippen LogP contribution in [0.2, 0.25) is 0 Å². The maximum atomic E-state index is 12.3. The smallest absolute Gasteiger partial charge is 0.224 e. The Hall–Kier alpha value is -2.47. The minimum absolute atomic E-state index is 0.126. The van der Waals surface area contributed by atoms with Gasteiger partial charge >= 0.3 is 0 Å². The first-order valence-electron chi connectivity index (χ1n) is 7.99. The van der Waals surface area contributed by atoms with Crippen LogP contribution in [0.5, 0.6) is 0 Å². The summed E-state index contributed by atoms with van der Waals surface area (Å²) in [7, 11) is 0. The Morgan fingerprint density at radius 3 is 3.04 bits per heavy atom. The molecule has 1 N–H and O–H groups in total. The third kappa shape index (κ3) is 3.10. The van der Waals surface area contributed by atoms with Crippen molar-refractivity contribution in [3.8, 4) is 5.69 Å². The van der Waals surface area contributed by atoms with Crippen molar-refractivity contribution < 1.29 is 4.79 Å². The zero-order valence-electron chi connectivity index (χ0n) is 13.3. The summed E-state index contributed by atoms with van der Waals surface area (Å²) >= 11 is 1.80. The molecule has 122 valence electrons. The highest BCUT2D eigenvalue weighted by Crippen LogP contribution is 2.49. The van der Waals surface area contributed by atoms with Crippen LogP contribution >= 0.6 is 11.3 Å². The van der Waals surface area contributed by atoms with E-state index in [4.69, 9.17) is 0 Å². The van der Waals surface area contributed by atoms with Gasteiger partial charge in [-0.1, -0.05) is 12.1 Å². The summed E-state index contributed by atoms with van der Waals surface area (Å²) in [5.74, 6) is 0.684. The molecule has 1 fully saturated rings. The largest absolute Gasteiger partial charge is 0.352 e. The van der Waals surface area contributed by atoms with Gasteiger partial charge in [-0.3, -0.25) is 4.79 Å². The molecule has 6 heteroatoms. The van der Waals surface area contributed by atoms with E-state index in [1.807, 2.05) is 24.3 Å². The molecule has 0 unspecified atom stereocenters. The first kappa shape index (κ1) is 15.1. The van der Waals surface area contributed by atoms with Gasteiger partial charge in [-0.25, -0.2) is 9.67 Å². The highest BCUT2D eigenvalue weighted by molar-refractivity contribution is 7.12. The van der Waals surface area contributed by atoms with Crippen LogP contribution in [0.15, 0.2) is 49.1 Å². The Morgan fingerprint density at radius 1 is 1.38 bits per heavy atom. The van der Waals surface area contributed by atoms with E-state index in [9.17, 15) is 4.79 Å². The molecule has 1 saturated carbocycles. The summed E-state index contributed by atoms with van der Waals surface area (Å²) < 4.78 is 1.71. The number of carbonyl (C=O) groups excluding carboxylic acids is 1. The van der Waals surface area contributed by atoms with Crippen molar-refractivity contribution in [3.63, 3.8) is 0 Å². The average Bonchev–Trinajstić information content (AvgIpc) is 3.00. The first-order valence-corrected chi connectivity index (χ1v) is 8.80. The molecule has 24 heavy (non-hydrogen) atoms. The van der Waals surface area contributed by atoms with E-state index >= 15 is 0 Å². The molecule has 1 aliphatic carbocycles. The molecule has 1 amide bonds. The molecule has 4 rings (SSSR count). The fourth-order valence-electron chi connectivity index (χ4n) is 2.92. The summed E-state index contributed by atoms with van der Waals surface area (Å²) in [6.45, 7) is 2.64. The predicted molar refractivity (Wildman–Crippen MR) is 93.1 cm³/mol. The van der Waals surface area contributed by atoms with Crippen LogP contribution in [0.4, 0.5) is 0 Å². The van der Waals surface area contributed by atoms with Crippen molar-refractivity contribution in [3.05, 3.63) is 64.4 Å². The van der Waals surface area contributed by atoms with Crippen molar-refractivity contribution in [2.75, 3.05) is 0 Å². The lowest BCUT2D eigenvalue weighted by molar-refractivity contribution is -0.122. The van der Waals surface area contributed by atoms with Gasteiger partial charge in [0.25, 0.3) is 0 Å². The summed E-state index contributed by atoms with van der Waals surface area (Å²) in [5, 5.41) is 7.19. The maximum Gasteiger partial charge on any atom is 0.224 e. The monoisotopic (exact) mass is 338 g/mol. The van der Waals surface area contributed by atoms with Gasteiger partial charge in [-0.2, -0.15) is 5.10 Å². The van der Waals surface area contributed by atoms with Gasteiger partial charge in [0.05, 0.1) is 5.69 Å². The minimum Gasteiger partial charge on any atom is -0.352 e. The number of hydrogen-bond donors (Lipinski definition) is 1. The summed E-state index contributed by atoms with van der Waals surface area (Å²) in [4.78, 5) is 18.9. The first-order chi connectivity index (χ1) is 11.7.